The summed E-state index contributed by atoms with van der Waals surface area (Å²) in [6.07, 6.45) is 1.53. The van der Waals surface area contributed by atoms with Crippen LogP contribution >= 0.6 is 23.4 Å². The van der Waals surface area contributed by atoms with Gasteiger partial charge in [0.15, 0.2) is 11.5 Å². The number of halogens is 1. The number of ether oxygens (including phenoxy) is 3. The van der Waals surface area contributed by atoms with Gasteiger partial charge >= 0.3 is 5.69 Å². The number of benzene rings is 3. The van der Waals surface area contributed by atoms with Gasteiger partial charge in [-0.25, -0.2) is 0 Å². The average molecular weight is 556 g/mol. The van der Waals surface area contributed by atoms with E-state index in [4.69, 9.17) is 25.8 Å². The van der Waals surface area contributed by atoms with Crippen LogP contribution in [0.3, 0.4) is 0 Å². The number of nitro groups is 2. The Morgan fingerprint density at radius 2 is 1.71 bits per heavy atom. The number of amides is 2. The zero-order chi connectivity index (χ0) is 27.0. The van der Waals surface area contributed by atoms with Crippen molar-refractivity contribution in [1.29, 1.82) is 0 Å². The summed E-state index contributed by atoms with van der Waals surface area (Å²) in [5.41, 5.74) is 0.108. The Morgan fingerprint density at radius 3 is 2.39 bits per heavy atom. The number of fused-ring (bicyclic) bond motifs is 1. The van der Waals surface area contributed by atoms with Crippen molar-refractivity contribution in [2.75, 3.05) is 6.79 Å². The molecule has 12 nitrogen and oxygen atoms in total. The van der Waals surface area contributed by atoms with E-state index in [0.29, 0.717) is 27.6 Å². The van der Waals surface area contributed by atoms with Crippen molar-refractivity contribution in [2.24, 2.45) is 0 Å². The number of thioether (sulfide) groups is 1. The molecule has 0 N–H and O–H groups in total. The number of rotatable bonds is 7. The van der Waals surface area contributed by atoms with Crippen LogP contribution in [0.25, 0.3) is 6.08 Å². The Morgan fingerprint density at radius 1 is 1.00 bits per heavy atom. The molecule has 5 rings (SSSR count). The number of hydrogen-bond donors (Lipinski definition) is 0. The maximum atomic E-state index is 12.9. The van der Waals surface area contributed by atoms with E-state index in [2.05, 4.69) is 0 Å². The quantitative estimate of drug-likeness (QED) is 0.195. The molecule has 1 fully saturated rings. The Hall–Kier alpha value is -4.62. The summed E-state index contributed by atoms with van der Waals surface area (Å²) in [5.74, 6) is 0.536. The highest BCUT2D eigenvalue weighted by Gasteiger charge is 2.35. The highest BCUT2D eigenvalue weighted by atomic mass is 35.5. The summed E-state index contributed by atoms with van der Waals surface area (Å²) < 4.78 is 16.2. The first-order chi connectivity index (χ1) is 18.2. The maximum Gasteiger partial charge on any atom is 0.318 e. The summed E-state index contributed by atoms with van der Waals surface area (Å²) in [4.78, 5) is 47.5. The van der Waals surface area contributed by atoms with Gasteiger partial charge in [-0.1, -0.05) is 23.7 Å². The lowest BCUT2D eigenvalue weighted by molar-refractivity contribution is -0.394. The molecule has 0 radical (unpaired) electrons. The Kier molecular flexibility index (Phi) is 6.61. The normalized spacial score (nSPS) is 15.3. The van der Waals surface area contributed by atoms with Crippen LogP contribution in [0.5, 0.6) is 23.0 Å². The largest absolute Gasteiger partial charge is 0.454 e. The van der Waals surface area contributed by atoms with Crippen molar-refractivity contribution in [3.8, 4) is 23.0 Å². The topological polar surface area (TPSA) is 151 Å². The molecule has 192 valence electrons. The van der Waals surface area contributed by atoms with E-state index in [9.17, 15) is 29.8 Å². The fourth-order valence-corrected chi connectivity index (χ4v) is 4.70. The fraction of sp³-hybridized carbons (Fsp3) is 0.0833. The van der Waals surface area contributed by atoms with Crippen LogP contribution in [0, 0.1) is 20.2 Å². The summed E-state index contributed by atoms with van der Waals surface area (Å²) in [7, 11) is 0. The number of carbonyl (C=O) groups excluding carboxylic acids is 2. The van der Waals surface area contributed by atoms with Gasteiger partial charge in [-0.2, -0.15) is 0 Å². The minimum absolute atomic E-state index is 0.0434. The van der Waals surface area contributed by atoms with Crippen LogP contribution in [-0.4, -0.2) is 32.7 Å². The van der Waals surface area contributed by atoms with Crippen molar-refractivity contribution in [2.45, 2.75) is 6.54 Å². The molecule has 0 bridgehead atoms. The van der Waals surface area contributed by atoms with Gasteiger partial charge in [-0.15, -0.1) is 0 Å². The van der Waals surface area contributed by atoms with Crippen molar-refractivity contribution in [3.05, 3.63) is 95.9 Å². The van der Waals surface area contributed by atoms with Gasteiger partial charge in [0, 0.05) is 17.2 Å². The minimum Gasteiger partial charge on any atom is -0.454 e. The lowest BCUT2D eigenvalue weighted by Crippen LogP contribution is -2.27. The standard InChI is InChI=1S/C24H14ClN3O9S/c25-17-10-21-20(35-12-36-21)8-14(17)11-26-23(29)22(38-24(26)30)7-13-1-4-16(5-2-13)37-19-6-3-15(27(31)32)9-18(19)28(33)34/h1-10H,11-12H2/b22-7+. The smallest absolute Gasteiger partial charge is 0.318 e. The Balaban J connectivity index is 1.30. The van der Waals surface area contributed by atoms with E-state index in [1.807, 2.05) is 0 Å². The van der Waals surface area contributed by atoms with Crippen molar-refractivity contribution in [3.63, 3.8) is 0 Å². The molecule has 3 aromatic carbocycles. The van der Waals surface area contributed by atoms with Crippen LogP contribution in [0.2, 0.25) is 5.02 Å². The Bertz CT molecular complexity index is 1540. The molecule has 2 aliphatic heterocycles. The Labute approximate surface area is 222 Å². The predicted molar refractivity (Wildman–Crippen MR) is 135 cm³/mol. The average Bonchev–Trinajstić information content (AvgIpc) is 3.44. The van der Waals surface area contributed by atoms with Gasteiger partial charge in [-0.3, -0.25) is 34.7 Å². The van der Waals surface area contributed by atoms with E-state index in [0.717, 1.165) is 34.9 Å². The number of nitro benzene ring substituents is 2. The van der Waals surface area contributed by atoms with Crippen LogP contribution < -0.4 is 14.2 Å². The summed E-state index contributed by atoms with van der Waals surface area (Å²) in [5, 5.41) is 22.1. The number of non-ortho nitro benzene ring substituents is 1. The first-order valence-corrected chi connectivity index (χ1v) is 11.9. The molecule has 0 aliphatic carbocycles. The van der Waals surface area contributed by atoms with Gasteiger partial charge < -0.3 is 14.2 Å². The first kappa shape index (κ1) is 25.0. The van der Waals surface area contributed by atoms with Crippen LogP contribution in [0.15, 0.2) is 59.5 Å². The minimum atomic E-state index is -0.774. The second-order valence-corrected chi connectivity index (χ2v) is 9.30. The lowest BCUT2D eigenvalue weighted by Gasteiger charge is -2.14. The van der Waals surface area contributed by atoms with Crippen molar-refractivity contribution < 1.29 is 33.6 Å². The molecular formula is C24H14ClN3O9S. The SMILES string of the molecule is O=C1S/C(=C/c2ccc(Oc3ccc([N+](=O)[O-])cc3[N+](=O)[O-])cc2)C(=O)N1Cc1cc2c(cc1Cl)OCO2. The third kappa shape index (κ3) is 4.96. The van der Waals surface area contributed by atoms with Crippen LogP contribution in [-0.2, 0) is 11.3 Å². The molecule has 0 unspecified atom stereocenters. The van der Waals surface area contributed by atoms with E-state index >= 15 is 0 Å². The van der Waals surface area contributed by atoms with Gasteiger partial charge in [0.25, 0.3) is 16.8 Å². The number of nitrogens with zero attached hydrogens (tertiary/aromatic N) is 3. The van der Waals surface area contributed by atoms with E-state index in [1.54, 1.807) is 24.3 Å². The highest BCUT2D eigenvalue weighted by molar-refractivity contribution is 8.18. The van der Waals surface area contributed by atoms with Gasteiger partial charge in [0.2, 0.25) is 12.5 Å². The van der Waals surface area contributed by atoms with E-state index in [1.165, 1.54) is 18.2 Å². The van der Waals surface area contributed by atoms with Crippen molar-refractivity contribution in [1.82, 2.24) is 4.90 Å². The molecule has 0 atom stereocenters. The maximum absolute atomic E-state index is 12.9. The molecule has 38 heavy (non-hydrogen) atoms. The monoisotopic (exact) mass is 555 g/mol. The summed E-state index contributed by atoms with van der Waals surface area (Å²) in [6, 6.07) is 12.5. The zero-order valence-electron chi connectivity index (χ0n) is 19.0. The molecule has 1 saturated heterocycles. The number of imide groups is 1. The second-order valence-electron chi connectivity index (χ2n) is 7.90. The van der Waals surface area contributed by atoms with Crippen LogP contribution in [0.1, 0.15) is 11.1 Å². The van der Waals surface area contributed by atoms with Gasteiger partial charge in [0.05, 0.1) is 27.4 Å². The summed E-state index contributed by atoms with van der Waals surface area (Å²) in [6.45, 7) is 0.0201. The molecule has 0 saturated carbocycles. The fourth-order valence-electron chi connectivity index (χ4n) is 3.65. The number of hydrogen-bond acceptors (Lipinski definition) is 10. The highest BCUT2D eigenvalue weighted by Crippen LogP contribution is 2.40. The number of carbonyl (C=O) groups is 2. The van der Waals surface area contributed by atoms with Gasteiger partial charge in [0.1, 0.15) is 5.75 Å². The van der Waals surface area contributed by atoms with E-state index in [-0.39, 0.29) is 29.7 Å². The van der Waals surface area contributed by atoms with E-state index < -0.39 is 32.4 Å². The molecule has 2 aliphatic rings. The van der Waals surface area contributed by atoms with Crippen LogP contribution in [0.4, 0.5) is 16.2 Å². The lowest BCUT2D eigenvalue weighted by atomic mass is 10.1. The molecule has 2 amide bonds. The molecule has 0 spiro atoms. The third-order valence-electron chi connectivity index (χ3n) is 5.50. The molecule has 0 aromatic heterocycles. The molecule has 3 aromatic rings. The molecule has 14 heteroatoms. The third-order valence-corrected chi connectivity index (χ3v) is 6.76. The summed E-state index contributed by atoms with van der Waals surface area (Å²) >= 11 is 7.07. The zero-order valence-corrected chi connectivity index (χ0v) is 20.6. The molecular weight excluding hydrogens is 542 g/mol. The second kappa shape index (κ2) is 10.0. The van der Waals surface area contributed by atoms with Gasteiger partial charge in [-0.05, 0) is 53.2 Å². The first-order valence-electron chi connectivity index (χ1n) is 10.7. The molecule has 2 heterocycles. The van der Waals surface area contributed by atoms with Crippen molar-refractivity contribution >= 4 is 52.0 Å². The predicted octanol–water partition coefficient (Wildman–Crippen LogP) is 5.91.